The number of benzene rings is 2. The van der Waals surface area contributed by atoms with Crippen LogP contribution in [0.4, 0.5) is 0 Å². The van der Waals surface area contributed by atoms with Crippen molar-refractivity contribution in [1.29, 1.82) is 0 Å². The number of rotatable bonds is 4. The van der Waals surface area contributed by atoms with Crippen molar-refractivity contribution in [2.45, 2.75) is 13.0 Å². The lowest BCUT2D eigenvalue weighted by Crippen LogP contribution is -3.15. The minimum Gasteiger partial charge on any atom is -0.485 e. The number of carbonyl (C=O) groups excluding carboxylic acids is 2. The number of Topliss-reactive ketones (excluding diaryl/α,β-unsaturated/α-hetero) is 1. The summed E-state index contributed by atoms with van der Waals surface area (Å²) in [6.45, 7) is 5.30. The molecule has 31 heavy (non-hydrogen) atoms. The topological polar surface area (TPSA) is 76.1 Å². The largest absolute Gasteiger partial charge is 0.485 e. The monoisotopic (exact) mass is 420 g/mol. The highest BCUT2D eigenvalue weighted by molar-refractivity contribution is 6.09. The van der Waals surface area contributed by atoms with Crippen LogP contribution in [0.25, 0.3) is 10.9 Å². The van der Waals surface area contributed by atoms with E-state index in [0.29, 0.717) is 31.1 Å². The second-order valence-corrected chi connectivity index (χ2v) is 8.21. The SMILES string of the molecule is Cc1[nH]c2ccccc2c1C(=O)C[NH+]1CCN(C(=O)[C@@H]2COc3ccccc3O2)CC1. The highest BCUT2D eigenvalue weighted by Crippen LogP contribution is 2.31. The Morgan fingerprint density at radius 2 is 1.77 bits per heavy atom. The molecule has 0 aliphatic carbocycles. The van der Waals surface area contributed by atoms with Gasteiger partial charge < -0.3 is 24.3 Å². The molecule has 1 atom stereocenters. The first kappa shape index (κ1) is 19.6. The molecule has 0 unspecified atom stereocenters. The Morgan fingerprint density at radius 1 is 1.06 bits per heavy atom. The van der Waals surface area contributed by atoms with Crippen LogP contribution in [0.3, 0.4) is 0 Å². The Labute approximate surface area is 180 Å². The average Bonchev–Trinajstić information content (AvgIpc) is 3.14. The maximum atomic E-state index is 13.0. The van der Waals surface area contributed by atoms with Crippen LogP contribution in [0.5, 0.6) is 11.5 Å². The molecule has 5 rings (SSSR count). The number of quaternary nitrogens is 1. The molecule has 0 radical (unpaired) electrons. The fraction of sp³-hybridized carbons (Fsp3) is 0.333. The fourth-order valence-electron chi connectivity index (χ4n) is 4.52. The van der Waals surface area contributed by atoms with Crippen molar-refractivity contribution in [2.75, 3.05) is 39.3 Å². The van der Waals surface area contributed by atoms with Gasteiger partial charge in [0.2, 0.25) is 11.9 Å². The summed E-state index contributed by atoms with van der Waals surface area (Å²) >= 11 is 0. The number of nitrogens with one attached hydrogen (secondary N) is 2. The molecule has 2 aromatic carbocycles. The Hall–Kier alpha value is -3.32. The molecule has 1 aromatic heterocycles. The zero-order valence-corrected chi connectivity index (χ0v) is 17.5. The van der Waals surface area contributed by atoms with Gasteiger partial charge in [0, 0.05) is 16.6 Å². The van der Waals surface area contributed by atoms with Crippen LogP contribution in [-0.2, 0) is 4.79 Å². The molecule has 2 aliphatic rings. The van der Waals surface area contributed by atoms with E-state index in [0.717, 1.165) is 35.2 Å². The molecule has 1 fully saturated rings. The molecule has 2 aliphatic heterocycles. The van der Waals surface area contributed by atoms with E-state index in [2.05, 4.69) is 4.98 Å². The molecular formula is C24H26N3O4+. The second kappa shape index (κ2) is 8.07. The third kappa shape index (κ3) is 3.77. The first-order chi connectivity index (χ1) is 15.1. The number of aromatic nitrogens is 1. The fourth-order valence-corrected chi connectivity index (χ4v) is 4.52. The van der Waals surface area contributed by atoms with Crippen LogP contribution in [0.15, 0.2) is 48.5 Å². The van der Waals surface area contributed by atoms with Crippen LogP contribution >= 0.6 is 0 Å². The predicted octanol–water partition coefficient (Wildman–Crippen LogP) is 1.23. The number of piperazine rings is 1. The quantitative estimate of drug-likeness (QED) is 0.623. The van der Waals surface area contributed by atoms with E-state index in [4.69, 9.17) is 9.47 Å². The van der Waals surface area contributed by atoms with Crippen LogP contribution in [-0.4, -0.2) is 67.0 Å². The van der Waals surface area contributed by atoms with Gasteiger partial charge in [-0.05, 0) is 25.1 Å². The number of hydrogen-bond acceptors (Lipinski definition) is 4. The predicted molar refractivity (Wildman–Crippen MR) is 116 cm³/mol. The first-order valence-corrected chi connectivity index (χ1v) is 10.7. The summed E-state index contributed by atoms with van der Waals surface area (Å²) in [5.74, 6) is 1.38. The first-order valence-electron chi connectivity index (χ1n) is 10.7. The summed E-state index contributed by atoms with van der Waals surface area (Å²) in [6.07, 6.45) is -0.619. The minimum absolute atomic E-state index is 0.0487. The highest BCUT2D eigenvalue weighted by atomic mass is 16.6. The average molecular weight is 420 g/mol. The molecule has 0 saturated carbocycles. The number of H-pyrrole nitrogens is 1. The Balaban J connectivity index is 1.18. The lowest BCUT2D eigenvalue weighted by Gasteiger charge is -2.35. The Morgan fingerprint density at radius 3 is 2.58 bits per heavy atom. The van der Waals surface area contributed by atoms with Crippen LogP contribution in [0, 0.1) is 6.92 Å². The maximum Gasteiger partial charge on any atom is 0.267 e. The summed E-state index contributed by atoms with van der Waals surface area (Å²) in [5.41, 5.74) is 2.69. The van der Waals surface area contributed by atoms with E-state index in [-0.39, 0.29) is 18.3 Å². The second-order valence-electron chi connectivity index (χ2n) is 8.21. The molecule has 7 heteroatoms. The van der Waals surface area contributed by atoms with Gasteiger partial charge in [0.15, 0.2) is 11.5 Å². The molecule has 0 bridgehead atoms. The van der Waals surface area contributed by atoms with Crippen LogP contribution in [0.1, 0.15) is 16.1 Å². The Bertz CT molecular complexity index is 1130. The number of aryl methyl sites for hydroxylation is 1. The summed E-state index contributed by atoms with van der Waals surface area (Å²) in [7, 11) is 0. The zero-order chi connectivity index (χ0) is 21.4. The number of ketones is 1. The summed E-state index contributed by atoms with van der Waals surface area (Å²) < 4.78 is 11.5. The van der Waals surface area contributed by atoms with Gasteiger partial charge in [-0.15, -0.1) is 0 Å². The van der Waals surface area contributed by atoms with Crippen molar-refractivity contribution in [2.24, 2.45) is 0 Å². The van der Waals surface area contributed by atoms with Crippen molar-refractivity contribution < 1.29 is 24.0 Å². The van der Waals surface area contributed by atoms with Crippen LogP contribution in [0.2, 0.25) is 0 Å². The van der Waals surface area contributed by atoms with Crippen LogP contribution < -0.4 is 14.4 Å². The number of carbonyl (C=O) groups is 2. The Kier molecular flexibility index (Phi) is 5.11. The molecule has 160 valence electrons. The number of nitrogens with zero attached hydrogens (tertiary/aromatic N) is 1. The van der Waals surface area contributed by atoms with Crippen molar-refractivity contribution in [1.82, 2.24) is 9.88 Å². The van der Waals surface area contributed by atoms with Gasteiger partial charge in [-0.2, -0.15) is 0 Å². The van der Waals surface area contributed by atoms with Gasteiger partial charge >= 0.3 is 0 Å². The van der Waals surface area contributed by atoms with E-state index < -0.39 is 6.10 Å². The number of ether oxygens (including phenoxy) is 2. The third-order valence-electron chi connectivity index (χ3n) is 6.15. The summed E-state index contributed by atoms with van der Waals surface area (Å²) in [4.78, 5) is 32.3. The summed E-state index contributed by atoms with van der Waals surface area (Å²) in [6, 6.07) is 15.3. The standard InChI is InChI=1S/C24H25N3O4/c1-16-23(17-6-2-3-7-18(17)25-16)19(28)14-26-10-12-27(13-11-26)24(29)22-15-30-20-8-4-5-9-21(20)31-22/h2-9,22,25H,10-15H2,1H3/p+1/t22-/m0/s1. The van der Waals surface area contributed by atoms with Crippen molar-refractivity contribution >= 4 is 22.6 Å². The zero-order valence-electron chi connectivity index (χ0n) is 17.5. The molecule has 2 N–H and O–H groups in total. The maximum absolute atomic E-state index is 13.0. The van der Waals surface area contributed by atoms with Crippen molar-refractivity contribution in [3.63, 3.8) is 0 Å². The number of fused-ring (bicyclic) bond motifs is 2. The van der Waals surface area contributed by atoms with Crippen molar-refractivity contribution in [3.8, 4) is 11.5 Å². The van der Waals surface area contributed by atoms with E-state index >= 15 is 0 Å². The van der Waals surface area contributed by atoms with Gasteiger partial charge in [0.25, 0.3) is 5.91 Å². The molecule has 3 heterocycles. The number of amides is 1. The van der Waals surface area contributed by atoms with Gasteiger partial charge in [-0.25, -0.2) is 0 Å². The summed E-state index contributed by atoms with van der Waals surface area (Å²) in [5, 5.41) is 0.980. The molecule has 7 nitrogen and oxygen atoms in total. The molecule has 1 saturated heterocycles. The van der Waals surface area contributed by atoms with Gasteiger partial charge in [0.1, 0.15) is 13.2 Å². The van der Waals surface area contributed by atoms with Gasteiger partial charge in [0.05, 0.1) is 31.7 Å². The van der Waals surface area contributed by atoms with Gasteiger partial charge in [-0.3, -0.25) is 9.59 Å². The van der Waals surface area contributed by atoms with E-state index in [1.54, 1.807) is 0 Å². The molecule has 0 spiro atoms. The molecule has 1 amide bonds. The van der Waals surface area contributed by atoms with Crippen molar-refractivity contribution in [3.05, 3.63) is 59.8 Å². The van der Waals surface area contributed by atoms with Gasteiger partial charge in [-0.1, -0.05) is 30.3 Å². The lowest BCUT2D eigenvalue weighted by atomic mass is 10.1. The van der Waals surface area contributed by atoms with E-state index in [1.807, 2.05) is 60.4 Å². The number of hydrogen-bond donors (Lipinski definition) is 2. The van der Waals surface area contributed by atoms with E-state index in [1.165, 1.54) is 4.90 Å². The number of aromatic amines is 1. The normalized spacial score (nSPS) is 18.9. The smallest absolute Gasteiger partial charge is 0.267 e. The molecular weight excluding hydrogens is 394 g/mol. The minimum atomic E-state index is -0.619. The highest BCUT2D eigenvalue weighted by Gasteiger charge is 2.34. The third-order valence-corrected chi connectivity index (χ3v) is 6.15. The molecule has 3 aromatic rings. The van der Waals surface area contributed by atoms with E-state index in [9.17, 15) is 9.59 Å². The number of para-hydroxylation sites is 3. The lowest BCUT2D eigenvalue weighted by molar-refractivity contribution is -0.895.